The minimum Gasteiger partial charge on any atom is -0.433 e. The fourth-order valence-electron chi connectivity index (χ4n) is 2.35. The average Bonchev–Trinajstić information content (AvgIpc) is 2.43. The van der Waals surface area contributed by atoms with Crippen molar-refractivity contribution in [2.75, 3.05) is 0 Å². The molecule has 0 saturated heterocycles. The molecule has 2 rings (SSSR count). The number of carbonyl (C=O) groups is 1. The Balaban J connectivity index is 2.07. The fraction of sp³-hybridized carbons (Fsp3) is 0.800. The van der Waals surface area contributed by atoms with Gasteiger partial charge in [-0.1, -0.05) is 13.3 Å². The number of carbonyl (C=O) groups excluding carboxylic acids is 1. The van der Waals surface area contributed by atoms with E-state index in [9.17, 15) is 4.79 Å². The molecule has 1 heterocycles. The molecule has 0 bridgehead atoms. The number of aliphatic imine (C=N–C) groups is 1. The molecule has 0 unspecified atom stereocenters. The van der Waals surface area contributed by atoms with Crippen LogP contribution in [0.5, 0.6) is 0 Å². The number of hydrogen-bond donors (Lipinski definition) is 1. The van der Waals surface area contributed by atoms with Crippen molar-refractivity contribution in [3.63, 3.8) is 0 Å². The molecule has 1 amide bonds. The maximum atomic E-state index is 11.0. The Kier molecular flexibility index (Phi) is 2.21. The largest absolute Gasteiger partial charge is 0.436 e. The van der Waals surface area contributed by atoms with Crippen LogP contribution in [0.3, 0.4) is 0 Å². The highest BCUT2D eigenvalue weighted by Gasteiger charge is 2.46. The van der Waals surface area contributed by atoms with E-state index in [1.807, 2.05) is 0 Å². The normalized spacial score (nSPS) is 37.1. The van der Waals surface area contributed by atoms with Crippen molar-refractivity contribution in [3.05, 3.63) is 0 Å². The molecule has 78 valence electrons. The zero-order chi connectivity index (χ0) is 10.2. The summed E-state index contributed by atoms with van der Waals surface area (Å²) in [5, 5.41) is 0. The number of amides is 1. The summed E-state index contributed by atoms with van der Waals surface area (Å²) in [7, 11) is 0. The van der Waals surface area contributed by atoms with Crippen LogP contribution < -0.4 is 5.73 Å². The van der Waals surface area contributed by atoms with Crippen molar-refractivity contribution in [2.45, 2.75) is 44.6 Å². The van der Waals surface area contributed by atoms with E-state index in [0.717, 1.165) is 31.6 Å². The van der Waals surface area contributed by atoms with Crippen LogP contribution in [0.25, 0.3) is 0 Å². The van der Waals surface area contributed by atoms with E-state index in [1.54, 1.807) is 0 Å². The van der Waals surface area contributed by atoms with Gasteiger partial charge in [-0.05, 0) is 31.6 Å². The predicted molar refractivity (Wildman–Crippen MR) is 53.1 cm³/mol. The lowest BCUT2D eigenvalue weighted by Crippen LogP contribution is -2.45. The molecule has 0 aromatic carbocycles. The molecule has 0 radical (unpaired) electrons. The number of ether oxygens (including phenoxy) is 1. The highest BCUT2D eigenvalue weighted by Crippen LogP contribution is 2.38. The number of nitrogens with two attached hydrogens (primary N) is 1. The summed E-state index contributed by atoms with van der Waals surface area (Å²) in [6, 6.07) is 0. The highest BCUT2D eigenvalue weighted by molar-refractivity contribution is 6.01. The average molecular weight is 196 g/mol. The molecule has 4 nitrogen and oxygen atoms in total. The Bertz CT molecular complexity index is 278. The van der Waals surface area contributed by atoms with Gasteiger partial charge in [0.05, 0.1) is 0 Å². The first-order chi connectivity index (χ1) is 6.66. The second-order valence-electron chi connectivity index (χ2n) is 4.21. The number of amidine groups is 1. The minimum atomic E-state index is -0.539. The molecule has 14 heavy (non-hydrogen) atoms. The van der Waals surface area contributed by atoms with Crippen LogP contribution in [0.1, 0.15) is 39.0 Å². The summed E-state index contributed by atoms with van der Waals surface area (Å²) in [6.45, 7) is 2.20. The van der Waals surface area contributed by atoms with Crippen molar-refractivity contribution >= 4 is 11.9 Å². The first kappa shape index (κ1) is 9.49. The molecular weight excluding hydrogens is 180 g/mol. The standard InChI is InChI=1S/C10H16N2O2/c1-2-7-3-5-10(6-4-7)8(11)12-9(13)14-10/h7H,2-6H2,1H3,(H2,11,12,13). The minimum absolute atomic E-state index is 0.386. The van der Waals surface area contributed by atoms with Gasteiger partial charge < -0.3 is 10.5 Å². The molecule has 0 aromatic rings. The van der Waals surface area contributed by atoms with Crippen molar-refractivity contribution in [2.24, 2.45) is 16.6 Å². The summed E-state index contributed by atoms with van der Waals surface area (Å²) < 4.78 is 5.23. The van der Waals surface area contributed by atoms with Crippen molar-refractivity contribution < 1.29 is 9.53 Å². The van der Waals surface area contributed by atoms with Gasteiger partial charge in [-0.3, -0.25) is 0 Å². The van der Waals surface area contributed by atoms with E-state index in [1.165, 1.54) is 6.42 Å². The van der Waals surface area contributed by atoms with Gasteiger partial charge in [0.2, 0.25) is 0 Å². The van der Waals surface area contributed by atoms with Crippen molar-refractivity contribution in [1.29, 1.82) is 0 Å². The summed E-state index contributed by atoms with van der Waals surface area (Å²) in [4.78, 5) is 14.6. The van der Waals surface area contributed by atoms with Gasteiger partial charge in [-0.15, -0.1) is 0 Å². The van der Waals surface area contributed by atoms with Gasteiger partial charge in [0.1, 0.15) is 0 Å². The fourth-order valence-corrected chi connectivity index (χ4v) is 2.35. The molecule has 1 saturated carbocycles. The van der Waals surface area contributed by atoms with Gasteiger partial charge in [-0.25, -0.2) is 4.79 Å². The summed E-state index contributed by atoms with van der Waals surface area (Å²) in [5.74, 6) is 1.14. The van der Waals surface area contributed by atoms with Gasteiger partial charge in [-0.2, -0.15) is 4.99 Å². The van der Waals surface area contributed by atoms with E-state index in [0.29, 0.717) is 5.84 Å². The predicted octanol–water partition coefficient (Wildman–Crippen LogP) is 1.83. The molecule has 1 spiro atoms. The Morgan fingerprint density at radius 1 is 1.57 bits per heavy atom. The van der Waals surface area contributed by atoms with Crippen LogP contribution in [0, 0.1) is 5.92 Å². The van der Waals surface area contributed by atoms with Crippen molar-refractivity contribution in [3.8, 4) is 0 Å². The quantitative estimate of drug-likeness (QED) is 0.695. The Morgan fingerprint density at radius 2 is 2.21 bits per heavy atom. The molecular formula is C10H16N2O2. The summed E-state index contributed by atoms with van der Waals surface area (Å²) in [6.07, 6.45) is 4.53. The van der Waals surface area contributed by atoms with Gasteiger partial charge in [0.15, 0.2) is 11.4 Å². The first-order valence-corrected chi connectivity index (χ1v) is 5.24. The zero-order valence-corrected chi connectivity index (χ0v) is 8.45. The maximum absolute atomic E-state index is 11.0. The van der Waals surface area contributed by atoms with E-state index in [4.69, 9.17) is 10.5 Å². The lowest BCUT2D eigenvalue weighted by atomic mass is 9.77. The van der Waals surface area contributed by atoms with Crippen LogP contribution in [-0.4, -0.2) is 17.5 Å². The Morgan fingerprint density at radius 3 is 2.64 bits per heavy atom. The third-order valence-corrected chi connectivity index (χ3v) is 3.45. The molecule has 1 aliphatic heterocycles. The molecule has 2 N–H and O–H groups in total. The van der Waals surface area contributed by atoms with Gasteiger partial charge in [0.25, 0.3) is 0 Å². The van der Waals surface area contributed by atoms with Crippen LogP contribution in [0.15, 0.2) is 4.99 Å². The van der Waals surface area contributed by atoms with Crippen LogP contribution in [-0.2, 0) is 4.74 Å². The maximum Gasteiger partial charge on any atom is 0.436 e. The van der Waals surface area contributed by atoms with E-state index in [-0.39, 0.29) is 0 Å². The number of rotatable bonds is 1. The van der Waals surface area contributed by atoms with Crippen LogP contribution >= 0.6 is 0 Å². The van der Waals surface area contributed by atoms with E-state index >= 15 is 0 Å². The topological polar surface area (TPSA) is 64.7 Å². The van der Waals surface area contributed by atoms with Gasteiger partial charge >= 0.3 is 6.09 Å². The monoisotopic (exact) mass is 196 g/mol. The summed E-state index contributed by atoms with van der Waals surface area (Å²) >= 11 is 0. The van der Waals surface area contributed by atoms with E-state index in [2.05, 4.69) is 11.9 Å². The molecule has 0 aromatic heterocycles. The van der Waals surface area contributed by atoms with Crippen LogP contribution in [0.2, 0.25) is 0 Å². The second-order valence-corrected chi connectivity index (χ2v) is 4.21. The highest BCUT2D eigenvalue weighted by atomic mass is 16.6. The smallest absolute Gasteiger partial charge is 0.433 e. The second kappa shape index (κ2) is 3.26. The first-order valence-electron chi connectivity index (χ1n) is 5.24. The molecule has 4 heteroatoms. The number of nitrogens with zero attached hydrogens (tertiary/aromatic N) is 1. The van der Waals surface area contributed by atoms with Crippen molar-refractivity contribution in [1.82, 2.24) is 0 Å². The zero-order valence-electron chi connectivity index (χ0n) is 8.45. The van der Waals surface area contributed by atoms with Crippen LogP contribution in [0.4, 0.5) is 4.79 Å². The lowest BCUT2D eigenvalue weighted by molar-refractivity contribution is 0.0401. The van der Waals surface area contributed by atoms with Gasteiger partial charge in [0, 0.05) is 0 Å². The SMILES string of the molecule is CCC1CCC2(CC1)OC(=O)N=C2N. The molecule has 2 aliphatic rings. The molecule has 0 atom stereocenters. The Hall–Kier alpha value is -1.06. The molecule has 1 aliphatic carbocycles. The third kappa shape index (κ3) is 1.38. The number of hydrogen-bond acceptors (Lipinski definition) is 3. The molecule has 1 fully saturated rings. The summed E-state index contributed by atoms with van der Waals surface area (Å²) in [5.41, 5.74) is 5.19. The van der Waals surface area contributed by atoms with E-state index < -0.39 is 11.7 Å². The Labute approximate surface area is 83.5 Å². The lowest BCUT2D eigenvalue weighted by Gasteiger charge is -2.34. The third-order valence-electron chi connectivity index (χ3n) is 3.45.